The third-order valence-electron chi connectivity index (χ3n) is 2.58. The molecule has 5 nitrogen and oxygen atoms in total. The van der Waals surface area contributed by atoms with Crippen molar-refractivity contribution < 1.29 is 4.79 Å². The van der Waals surface area contributed by atoms with Crippen molar-refractivity contribution in [3.63, 3.8) is 0 Å². The zero-order valence-corrected chi connectivity index (χ0v) is 9.32. The van der Waals surface area contributed by atoms with Gasteiger partial charge in [0.15, 0.2) is 0 Å². The predicted molar refractivity (Wildman–Crippen MR) is 62.9 cm³/mol. The van der Waals surface area contributed by atoms with E-state index >= 15 is 0 Å². The maximum Gasteiger partial charge on any atom is 0.239 e. The molecule has 0 radical (unpaired) electrons. The normalized spacial score (nSPS) is 10.6. The van der Waals surface area contributed by atoms with Gasteiger partial charge >= 0.3 is 0 Å². The van der Waals surface area contributed by atoms with Gasteiger partial charge < -0.3 is 15.6 Å². The van der Waals surface area contributed by atoms with Crippen LogP contribution in [-0.4, -0.2) is 22.5 Å². The van der Waals surface area contributed by atoms with Crippen LogP contribution in [0, 0.1) is 6.92 Å². The fraction of sp³-hybridized carbons (Fsp3) is 0.273. The van der Waals surface area contributed by atoms with Crippen molar-refractivity contribution in [3.8, 4) is 0 Å². The number of fused-ring (bicyclic) bond motifs is 1. The third kappa shape index (κ3) is 1.60. The van der Waals surface area contributed by atoms with Crippen molar-refractivity contribution >= 4 is 22.9 Å². The van der Waals surface area contributed by atoms with Gasteiger partial charge in [-0.2, -0.15) is 0 Å². The molecule has 0 fully saturated rings. The zero-order valence-electron chi connectivity index (χ0n) is 9.32. The third-order valence-corrected chi connectivity index (χ3v) is 2.58. The molecule has 0 atom stereocenters. The minimum Gasteiger partial charge on any atom is -0.369 e. The van der Waals surface area contributed by atoms with Gasteiger partial charge in [0, 0.05) is 7.05 Å². The number of benzene rings is 1. The lowest BCUT2D eigenvalue weighted by atomic mass is 10.2. The Hall–Kier alpha value is -2.04. The first kappa shape index (κ1) is 10.5. The first-order chi connectivity index (χ1) is 7.63. The summed E-state index contributed by atoms with van der Waals surface area (Å²) in [5.41, 5.74) is 8.60. The molecule has 2 rings (SSSR count). The van der Waals surface area contributed by atoms with Gasteiger partial charge in [0.1, 0.15) is 6.54 Å². The number of carbonyl (C=O) groups excluding carboxylic acids is 1. The number of nitrogens with two attached hydrogens (primary N) is 1. The summed E-state index contributed by atoms with van der Waals surface area (Å²) in [5.74, 6) is 0.280. The predicted octanol–water partition coefficient (Wildman–Crippen LogP) is 0.673. The van der Waals surface area contributed by atoms with Gasteiger partial charge in [0.2, 0.25) is 11.9 Å². The van der Waals surface area contributed by atoms with E-state index in [0.717, 1.165) is 16.6 Å². The quantitative estimate of drug-likeness (QED) is 0.778. The summed E-state index contributed by atoms with van der Waals surface area (Å²) in [4.78, 5) is 15.6. The molecule has 0 aliphatic heterocycles. The monoisotopic (exact) mass is 218 g/mol. The Kier molecular flexibility index (Phi) is 2.52. The maximum absolute atomic E-state index is 11.4. The number of anilines is 1. The number of likely N-dealkylation sites (N-methyl/N-ethyl adjacent to an activating group) is 1. The van der Waals surface area contributed by atoms with E-state index in [4.69, 9.17) is 5.73 Å². The van der Waals surface area contributed by atoms with Crippen LogP contribution in [0.15, 0.2) is 18.2 Å². The Morgan fingerprint density at radius 2 is 2.31 bits per heavy atom. The molecule has 1 aromatic carbocycles. The SMILES string of the molecule is CNC(=O)Cn1c(N)nc2cccc(C)c21. The molecular weight excluding hydrogens is 204 g/mol. The topological polar surface area (TPSA) is 72.9 Å². The molecule has 0 aliphatic carbocycles. The van der Waals surface area contributed by atoms with Crippen molar-refractivity contribution in [1.29, 1.82) is 0 Å². The molecule has 0 aliphatic rings. The molecule has 84 valence electrons. The Morgan fingerprint density at radius 1 is 1.56 bits per heavy atom. The van der Waals surface area contributed by atoms with Crippen LogP contribution in [0.2, 0.25) is 0 Å². The number of aromatic nitrogens is 2. The van der Waals surface area contributed by atoms with E-state index in [1.54, 1.807) is 11.6 Å². The molecule has 0 saturated heterocycles. The summed E-state index contributed by atoms with van der Waals surface area (Å²) >= 11 is 0. The van der Waals surface area contributed by atoms with E-state index in [-0.39, 0.29) is 12.5 Å². The number of imidazole rings is 1. The minimum absolute atomic E-state index is 0.0887. The van der Waals surface area contributed by atoms with Gasteiger partial charge in [-0.25, -0.2) is 4.98 Å². The van der Waals surface area contributed by atoms with E-state index in [1.165, 1.54) is 0 Å². The zero-order chi connectivity index (χ0) is 11.7. The minimum atomic E-state index is -0.0887. The molecule has 1 aromatic heterocycles. The molecule has 0 unspecified atom stereocenters. The van der Waals surface area contributed by atoms with Crippen LogP contribution in [0.25, 0.3) is 11.0 Å². The summed E-state index contributed by atoms with van der Waals surface area (Å²) in [6.45, 7) is 2.17. The van der Waals surface area contributed by atoms with E-state index in [9.17, 15) is 4.79 Å². The summed E-state index contributed by atoms with van der Waals surface area (Å²) in [7, 11) is 1.60. The highest BCUT2D eigenvalue weighted by Crippen LogP contribution is 2.20. The molecule has 2 aromatic rings. The molecule has 0 bridgehead atoms. The number of nitrogen functional groups attached to an aromatic ring is 1. The van der Waals surface area contributed by atoms with Crippen LogP contribution in [0.5, 0.6) is 0 Å². The standard InChI is InChI=1S/C11H14N4O/c1-7-4-3-5-8-10(7)15(11(12)14-8)6-9(16)13-2/h3-5H,6H2,1-2H3,(H2,12,14)(H,13,16). The van der Waals surface area contributed by atoms with E-state index in [0.29, 0.717) is 5.95 Å². The number of carbonyl (C=O) groups is 1. The molecule has 0 spiro atoms. The molecule has 3 N–H and O–H groups in total. The lowest BCUT2D eigenvalue weighted by Crippen LogP contribution is -2.24. The summed E-state index contributed by atoms with van der Waals surface area (Å²) in [6, 6.07) is 5.79. The van der Waals surface area contributed by atoms with Gasteiger partial charge in [-0.1, -0.05) is 12.1 Å². The molecule has 1 heterocycles. The molecule has 0 saturated carbocycles. The van der Waals surface area contributed by atoms with Gasteiger partial charge in [-0.15, -0.1) is 0 Å². The fourth-order valence-electron chi connectivity index (χ4n) is 1.77. The van der Waals surface area contributed by atoms with E-state index < -0.39 is 0 Å². The average molecular weight is 218 g/mol. The van der Waals surface area contributed by atoms with Crippen molar-refractivity contribution in [1.82, 2.24) is 14.9 Å². The Labute approximate surface area is 93.3 Å². The van der Waals surface area contributed by atoms with Crippen molar-refractivity contribution in [2.75, 3.05) is 12.8 Å². The summed E-state index contributed by atoms with van der Waals surface area (Å²) < 4.78 is 1.73. The van der Waals surface area contributed by atoms with Crippen molar-refractivity contribution in [2.24, 2.45) is 0 Å². The number of rotatable bonds is 2. The second-order valence-electron chi connectivity index (χ2n) is 3.67. The Morgan fingerprint density at radius 3 is 3.00 bits per heavy atom. The first-order valence-electron chi connectivity index (χ1n) is 5.05. The number of aryl methyl sites for hydroxylation is 1. The van der Waals surface area contributed by atoms with E-state index in [2.05, 4.69) is 10.3 Å². The fourth-order valence-corrected chi connectivity index (χ4v) is 1.77. The first-order valence-corrected chi connectivity index (χ1v) is 5.05. The smallest absolute Gasteiger partial charge is 0.239 e. The summed E-state index contributed by atoms with van der Waals surface area (Å²) in [6.07, 6.45) is 0. The van der Waals surface area contributed by atoms with Crippen LogP contribution >= 0.6 is 0 Å². The Balaban J connectivity index is 2.59. The van der Waals surface area contributed by atoms with E-state index in [1.807, 2.05) is 25.1 Å². The highest BCUT2D eigenvalue weighted by atomic mass is 16.1. The number of amides is 1. The lowest BCUT2D eigenvalue weighted by Gasteiger charge is -2.06. The van der Waals surface area contributed by atoms with Crippen molar-refractivity contribution in [3.05, 3.63) is 23.8 Å². The second kappa shape index (κ2) is 3.84. The molecular formula is C11H14N4O. The van der Waals surface area contributed by atoms with Crippen LogP contribution in [0.4, 0.5) is 5.95 Å². The highest BCUT2D eigenvalue weighted by Gasteiger charge is 2.12. The van der Waals surface area contributed by atoms with Gasteiger partial charge in [0.25, 0.3) is 0 Å². The highest BCUT2D eigenvalue weighted by molar-refractivity contribution is 5.84. The molecule has 5 heteroatoms. The average Bonchev–Trinajstić information content (AvgIpc) is 2.56. The summed E-state index contributed by atoms with van der Waals surface area (Å²) in [5, 5.41) is 2.57. The number of nitrogens with one attached hydrogen (secondary N) is 1. The maximum atomic E-state index is 11.4. The van der Waals surface area contributed by atoms with Gasteiger partial charge in [-0.3, -0.25) is 4.79 Å². The molecule has 1 amide bonds. The largest absolute Gasteiger partial charge is 0.369 e. The number of hydrogen-bond donors (Lipinski definition) is 2. The van der Waals surface area contributed by atoms with Crippen LogP contribution in [-0.2, 0) is 11.3 Å². The van der Waals surface area contributed by atoms with Gasteiger partial charge in [0.05, 0.1) is 11.0 Å². The van der Waals surface area contributed by atoms with Crippen LogP contribution in [0.3, 0.4) is 0 Å². The van der Waals surface area contributed by atoms with Crippen LogP contribution in [0.1, 0.15) is 5.56 Å². The lowest BCUT2D eigenvalue weighted by molar-refractivity contribution is -0.121. The second-order valence-corrected chi connectivity index (χ2v) is 3.67. The van der Waals surface area contributed by atoms with Crippen molar-refractivity contribution in [2.45, 2.75) is 13.5 Å². The van der Waals surface area contributed by atoms with Gasteiger partial charge in [-0.05, 0) is 18.6 Å². The van der Waals surface area contributed by atoms with Crippen LogP contribution < -0.4 is 11.1 Å². The molecule has 16 heavy (non-hydrogen) atoms. The number of para-hydroxylation sites is 1. The number of nitrogens with zero attached hydrogens (tertiary/aromatic N) is 2. The Bertz CT molecular complexity index is 544. The number of hydrogen-bond acceptors (Lipinski definition) is 3.